The fraction of sp³-hybridized carbons (Fsp3) is 0.577. The summed E-state index contributed by atoms with van der Waals surface area (Å²) in [7, 11) is -3.20. The first kappa shape index (κ1) is 27.1. The molecule has 0 aliphatic carbocycles. The van der Waals surface area contributed by atoms with Gasteiger partial charge in [0, 0.05) is 30.8 Å². The maximum atomic E-state index is 13.7. The number of sulfone groups is 1. The lowest BCUT2D eigenvalue weighted by Crippen LogP contribution is -2.40. The fourth-order valence-electron chi connectivity index (χ4n) is 4.81. The predicted molar refractivity (Wildman–Crippen MR) is 143 cm³/mol. The Morgan fingerprint density at radius 1 is 1.14 bits per heavy atom. The minimum atomic E-state index is -3.20. The Hall–Kier alpha value is -1.90. The Kier molecular flexibility index (Phi) is 9.12. The van der Waals surface area contributed by atoms with Crippen LogP contribution in [0.25, 0.3) is 0 Å². The first-order valence-corrected chi connectivity index (χ1v) is 15.3. The zero-order valence-corrected chi connectivity index (χ0v) is 23.0. The SMILES string of the molecule is CCCCCOc1c(Cl)cc(C(=O)N(Cc2ccc(N3CCCCC3)o2)C2CCS(=O)(=O)C2)cc1Cl. The first-order valence-electron chi connectivity index (χ1n) is 12.7. The molecule has 7 nitrogen and oxygen atoms in total. The van der Waals surface area contributed by atoms with E-state index < -0.39 is 15.9 Å². The first-order chi connectivity index (χ1) is 17.3. The zero-order valence-electron chi connectivity index (χ0n) is 20.7. The van der Waals surface area contributed by atoms with E-state index in [1.807, 2.05) is 12.1 Å². The molecular weight excluding hydrogens is 523 g/mol. The highest BCUT2D eigenvalue weighted by molar-refractivity contribution is 7.91. The van der Waals surface area contributed by atoms with E-state index in [0.29, 0.717) is 24.5 Å². The van der Waals surface area contributed by atoms with Gasteiger partial charge in [-0.15, -0.1) is 0 Å². The molecule has 2 aliphatic rings. The molecule has 3 heterocycles. The molecule has 0 radical (unpaired) electrons. The van der Waals surface area contributed by atoms with E-state index in [-0.39, 0.29) is 39.6 Å². The van der Waals surface area contributed by atoms with Gasteiger partial charge in [0.1, 0.15) is 5.76 Å². The summed E-state index contributed by atoms with van der Waals surface area (Å²) in [6.07, 6.45) is 6.85. The number of piperidine rings is 1. The van der Waals surface area contributed by atoms with Crippen LogP contribution in [0.15, 0.2) is 28.7 Å². The maximum absolute atomic E-state index is 13.7. The molecule has 1 aromatic heterocycles. The van der Waals surface area contributed by atoms with Crippen LogP contribution in [0, 0.1) is 0 Å². The Labute approximate surface area is 223 Å². The van der Waals surface area contributed by atoms with Crippen molar-refractivity contribution in [2.75, 3.05) is 36.1 Å². The summed E-state index contributed by atoms with van der Waals surface area (Å²) < 4.78 is 36.3. The second-order valence-corrected chi connectivity index (χ2v) is 12.6. The average Bonchev–Trinajstić information content (AvgIpc) is 3.47. The Morgan fingerprint density at radius 2 is 1.86 bits per heavy atom. The van der Waals surface area contributed by atoms with Crippen LogP contribution in [0.1, 0.15) is 68.0 Å². The number of halogens is 2. The topological polar surface area (TPSA) is 80.1 Å². The third-order valence-corrected chi connectivity index (χ3v) is 9.10. The highest BCUT2D eigenvalue weighted by Crippen LogP contribution is 2.36. The van der Waals surface area contributed by atoms with Crippen molar-refractivity contribution in [1.82, 2.24) is 4.90 Å². The van der Waals surface area contributed by atoms with Crippen molar-refractivity contribution in [2.45, 2.75) is 64.5 Å². The fourth-order valence-corrected chi connectivity index (χ4v) is 7.13. The molecule has 10 heteroatoms. The Morgan fingerprint density at radius 3 is 2.50 bits per heavy atom. The summed E-state index contributed by atoms with van der Waals surface area (Å²) >= 11 is 12.9. The normalized spacial score (nSPS) is 19.4. The second kappa shape index (κ2) is 12.1. The van der Waals surface area contributed by atoms with Crippen LogP contribution in [0.4, 0.5) is 5.88 Å². The van der Waals surface area contributed by atoms with Crippen LogP contribution in [0.3, 0.4) is 0 Å². The van der Waals surface area contributed by atoms with Gasteiger partial charge in [-0.25, -0.2) is 8.42 Å². The van der Waals surface area contributed by atoms with E-state index in [2.05, 4.69) is 11.8 Å². The molecule has 1 amide bonds. The summed E-state index contributed by atoms with van der Waals surface area (Å²) in [5, 5.41) is 0.512. The van der Waals surface area contributed by atoms with Gasteiger partial charge in [0.2, 0.25) is 0 Å². The van der Waals surface area contributed by atoms with Gasteiger partial charge in [-0.05, 0) is 50.3 Å². The summed E-state index contributed by atoms with van der Waals surface area (Å²) in [6.45, 7) is 4.65. The Balaban J connectivity index is 1.55. The molecule has 2 saturated heterocycles. The van der Waals surface area contributed by atoms with Gasteiger partial charge in [0.15, 0.2) is 21.5 Å². The lowest BCUT2D eigenvalue weighted by molar-refractivity contribution is 0.0666. The Bertz CT molecular complexity index is 1140. The number of benzene rings is 1. The molecule has 1 unspecified atom stereocenters. The van der Waals surface area contributed by atoms with Crippen LogP contribution in [-0.4, -0.2) is 56.5 Å². The highest BCUT2D eigenvalue weighted by Gasteiger charge is 2.36. The number of carbonyl (C=O) groups is 1. The maximum Gasteiger partial charge on any atom is 0.254 e. The van der Waals surface area contributed by atoms with Crippen molar-refractivity contribution in [3.63, 3.8) is 0 Å². The molecular formula is C26H34Cl2N2O5S. The number of carbonyl (C=O) groups excluding carboxylic acids is 1. The zero-order chi connectivity index (χ0) is 25.7. The molecule has 2 aromatic rings. The number of anilines is 1. The standard InChI is InChI=1S/C26H34Cl2N2O5S/c1-2-3-7-13-34-25-22(27)15-19(16-23(25)28)26(31)30(20-10-14-36(32,33)18-20)17-21-8-9-24(35-21)29-11-5-4-6-12-29/h8-9,15-16,20H,2-7,10-14,17-18H2,1H3. The van der Waals surface area contributed by atoms with E-state index in [1.54, 1.807) is 17.0 Å². The predicted octanol–water partition coefficient (Wildman–Crippen LogP) is 5.98. The molecule has 36 heavy (non-hydrogen) atoms. The third kappa shape index (κ3) is 6.69. The molecule has 0 saturated carbocycles. The smallest absolute Gasteiger partial charge is 0.254 e. The quantitative estimate of drug-likeness (QED) is 0.335. The molecule has 0 N–H and O–H groups in total. The summed E-state index contributed by atoms with van der Waals surface area (Å²) in [5.74, 6) is 1.41. The van der Waals surface area contributed by atoms with Gasteiger partial charge in [-0.2, -0.15) is 0 Å². The van der Waals surface area contributed by atoms with Gasteiger partial charge in [-0.3, -0.25) is 4.79 Å². The van der Waals surface area contributed by atoms with Crippen LogP contribution in [-0.2, 0) is 16.4 Å². The highest BCUT2D eigenvalue weighted by atomic mass is 35.5. The van der Waals surface area contributed by atoms with Crippen LogP contribution >= 0.6 is 23.2 Å². The molecule has 4 rings (SSSR count). The van der Waals surface area contributed by atoms with Crippen molar-refractivity contribution in [3.8, 4) is 5.75 Å². The summed E-state index contributed by atoms with van der Waals surface area (Å²) in [4.78, 5) is 17.5. The van der Waals surface area contributed by atoms with Crippen molar-refractivity contribution in [3.05, 3.63) is 45.6 Å². The van der Waals surface area contributed by atoms with E-state index in [9.17, 15) is 13.2 Å². The number of unbranched alkanes of at least 4 members (excludes halogenated alkanes) is 2. The van der Waals surface area contributed by atoms with Crippen LogP contribution in [0.5, 0.6) is 5.75 Å². The number of hydrogen-bond acceptors (Lipinski definition) is 6. The number of ether oxygens (including phenoxy) is 1. The molecule has 1 aromatic carbocycles. The van der Waals surface area contributed by atoms with Crippen LogP contribution in [0.2, 0.25) is 10.0 Å². The number of nitrogens with zero attached hydrogens (tertiary/aromatic N) is 2. The molecule has 2 aliphatic heterocycles. The van der Waals surface area contributed by atoms with Gasteiger partial charge in [-0.1, -0.05) is 43.0 Å². The minimum Gasteiger partial charge on any atom is -0.490 e. The number of rotatable bonds is 10. The van der Waals surface area contributed by atoms with Gasteiger partial charge >= 0.3 is 0 Å². The van der Waals surface area contributed by atoms with Crippen molar-refractivity contribution in [1.29, 1.82) is 0 Å². The van der Waals surface area contributed by atoms with Crippen molar-refractivity contribution >= 4 is 44.8 Å². The molecule has 198 valence electrons. The van der Waals surface area contributed by atoms with E-state index in [1.165, 1.54) is 6.42 Å². The average molecular weight is 558 g/mol. The monoisotopic (exact) mass is 556 g/mol. The summed E-state index contributed by atoms with van der Waals surface area (Å²) in [5.41, 5.74) is 0.290. The van der Waals surface area contributed by atoms with E-state index in [0.717, 1.165) is 51.1 Å². The molecule has 0 bridgehead atoms. The summed E-state index contributed by atoms with van der Waals surface area (Å²) in [6, 6.07) is 6.42. The van der Waals surface area contributed by atoms with Gasteiger partial charge in [0.25, 0.3) is 5.91 Å². The molecule has 1 atom stereocenters. The van der Waals surface area contributed by atoms with Gasteiger partial charge < -0.3 is 19.0 Å². The number of furan rings is 1. The van der Waals surface area contributed by atoms with Crippen molar-refractivity contribution in [2.24, 2.45) is 0 Å². The minimum absolute atomic E-state index is 0.0602. The third-order valence-electron chi connectivity index (χ3n) is 6.79. The lowest BCUT2D eigenvalue weighted by Gasteiger charge is -2.28. The number of amides is 1. The van der Waals surface area contributed by atoms with Gasteiger partial charge in [0.05, 0.1) is 34.7 Å². The lowest BCUT2D eigenvalue weighted by atomic mass is 10.1. The molecule has 0 spiro atoms. The number of hydrogen-bond donors (Lipinski definition) is 0. The van der Waals surface area contributed by atoms with Crippen molar-refractivity contribution < 1.29 is 22.4 Å². The van der Waals surface area contributed by atoms with Crippen LogP contribution < -0.4 is 9.64 Å². The second-order valence-electron chi connectivity index (χ2n) is 9.60. The largest absolute Gasteiger partial charge is 0.490 e. The van der Waals surface area contributed by atoms with E-state index >= 15 is 0 Å². The van der Waals surface area contributed by atoms with E-state index in [4.69, 9.17) is 32.4 Å². The molecule has 2 fully saturated rings.